The Morgan fingerprint density at radius 3 is 2.39 bits per heavy atom. The van der Waals surface area contributed by atoms with Gasteiger partial charge in [0, 0.05) is 30.2 Å². The molecule has 2 heterocycles. The lowest BCUT2D eigenvalue weighted by Gasteiger charge is -2.38. The zero-order chi connectivity index (χ0) is 22.6. The van der Waals surface area contributed by atoms with Crippen molar-refractivity contribution in [2.75, 3.05) is 48.0 Å². The third-order valence-electron chi connectivity index (χ3n) is 5.99. The Hall–Kier alpha value is -3.77. The maximum Gasteiger partial charge on any atom is 0.262 e. The molecule has 2 aliphatic rings. The minimum absolute atomic E-state index is 0.0274. The Kier molecular flexibility index (Phi) is 6.00. The molecule has 0 aromatic heterocycles. The molecule has 1 atom stereocenters. The normalized spacial score (nSPS) is 17.8. The predicted octanol–water partition coefficient (Wildman–Crippen LogP) is 4.86. The molecular weight excluding hydrogens is 414 g/mol. The SMILES string of the molecule is C=CCOc1ccc([C@H]2Nc3ccccc3C(=O)N2c2ccc(N3CCOCC3)cc2)cc1. The number of carbonyl (C=O) groups excluding carboxylic acids is 1. The van der Waals surface area contributed by atoms with E-state index in [4.69, 9.17) is 9.47 Å². The molecule has 1 fully saturated rings. The summed E-state index contributed by atoms with van der Waals surface area (Å²) in [4.78, 5) is 17.7. The first-order valence-corrected chi connectivity index (χ1v) is 11.2. The van der Waals surface area contributed by atoms with E-state index in [1.54, 1.807) is 6.08 Å². The number of nitrogens with one attached hydrogen (secondary N) is 1. The van der Waals surface area contributed by atoms with Crippen LogP contribution in [0.5, 0.6) is 5.75 Å². The van der Waals surface area contributed by atoms with E-state index in [9.17, 15) is 4.79 Å². The number of ether oxygens (including phenoxy) is 2. The van der Waals surface area contributed by atoms with Gasteiger partial charge in [0.1, 0.15) is 18.5 Å². The average molecular weight is 442 g/mol. The van der Waals surface area contributed by atoms with Crippen LogP contribution in [0.15, 0.2) is 85.5 Å². The van der Waals surface area contributed by atoms with E-state index in [1.807, 2.05) is 65.6 Å². The fraction of sp³-hybridized carbons (Fsp3) is 0.222. The predicted molar refractivity (Wildman–Crippen MR) is 131 cm³/mol. The summed E-state index contributed by atoms with van der Waals surface area (Å²) in [7, 11) is 0. The second kappa shape index (κ2) is 9.38. The number of morpholine rings is 1. The molecule has 6 heteroatoms. The molecule has 6 nitrogen and oxygen atoms in total. The molecule has 0 saturated carbocycles. The fourth-order valence-corrected chi connectivity index (χ4v) is 4.30. The number of hydrogen-bond donors (Lipinski definition) is 1. The van der Waals surface area contributed by atoms with Crippen molar-refractivity contribution in [1.29, 1.82) is 0 Å². The lowest BCUT2D eigenvalue weighted by atomic mass is 10.0. The van der Waals surface area contributed by atoms with Crippen molar-refractivity contribution in [3.63, 3.8) is 0 Å². The lowest BCUT2D eigenvalue weighted by molar-refractivity contribution is 0.0975. The van der Waals surface area contributed by atoms with Gasteiger partial charge in [0.15, 0.2) is 0 Å². The molecular formula is C27H27N3O3. The van der Waals surface area contributed by atoms with E-state index < -0.39 is 0 Å². The van der Waals surface area contributed by atoms with Crippen LogP contribution >= 0.6 is 0 Å². The molecule has 0 radical (unpaired) electrons. The molecule has 0 unspecified atom stereocenters. The van der Waals surface area contributed by atoms with Crippen LogP contribution in [0.25, 0.3) is 0 Å². The summed E-state index contributed by atoms with van der Waals surface area (Å²) in [5.41, 5.74) is 4.45. The van der Waals surface area contributed by atoms with Crippen molar-refractivity contribution in [3.8, 4) is 5.75 Å². The summed E-state index contributed by atoms with van der Waals surface area (Å²) in [6.07, 6.45) is 1.38. The molecule has 3 aromatic rings. The molecule has 0 bridgehead atoms. The van der Waals surface area contributed by atoms with Gasteiger partial charge in [0.25, 0.3) is 5.91 Å². The van der Waals surface area contributed by atoms with Gasteiger partial charge in [-0.15, -0.1) is 0 Å². The Morgan fingerprint density at radius 1 is 0.970 bits per heavy atom. The van der Waals surface area contributed by atoms with Gasteiger partial charge in [0.05, 0.1) is 18.8 Å². The summed E-state index contributed by atoms with van der Waals surface area (Å²) in [5, 5.41) is 3.55. The van der Waals surface area contributed by atoms with Crippen LogP contribution in [0.2, 0.25) is 0 Å². The monoisotopic (exact) mass is 441 g/mol. The van der Waals surface area contributed by atoms with E-state index in [0.29, 0.717) is 12.2 Å². The van der Waals surface area contributed by atoms with E-state index >= 15 is 0 Å². The Bertz CT molecular complexity index is 1120. The first kappa shape index (κ1) is 21.1. The van der Waals surface area contributed by atoms with Crippen molar-refractivity contribution >= 4 is 23.0 Å². The van der Waals surface area contributed by atoms with Crippen LogP contribution in [0, 0.1) is 0 Å². The zero-order valence-corrected chi connectivity index (χ0v) is 18.4. The first-order valence-electron chi connectivity index (χ1n) is 11.2. The van der Waals surface area contributed by atoms with Crippen LogP contribution in [-0.4, -0.2) is 38.8 Å². The summed E-state index contributed by atoms with van der Waals surface area (Å²) in [6.45, 7) is 7.37. The molecule has 0 aliphatic carbocycles. The van der Waals surface area contributed by atoms with E-state index in [2.05, 4.69) is 28.9 Å². The summed E-state index contributed by atoms with van der Waals surface area (Å²) in [6, 6.07) is 23.7. The van der Waals surface area contributed by atoms with Crippen LogP contribution in [0.1, 0.15) is 22.1 Å². The number of rotatable bonds is 6. The van der Waals surface area contributed by atoms with Gasteiger partial charge < -0.3 is 19.7 Å². The molecule has 1 N–H and O–H groups in total. The minimum Gasteiger partial charge on any atom is -0.490 e. The summed E-state index contributed by atoms with van der Waals surface area (Å²) < 4.78 is 11.1. The van der Waals surface area contributed by atoms with Gasteiger partial charge in [-0.25, -0.2) is 0 Å². The smallest absolute Gasteiger partial charge is 0.262 e. The number of anilines is 3. The van der Waals surface area contributed by atoms with Gasteiger partial charge in [-0.3, -0.25) is 9.69 Å². The Morgan fingerprint density at radius 2 is 1.67 bits per heavy atom. The first-order chi connectivity index (χ1) is 16.2. The van der Waals surface area contributed by atoms with Crippen LogP contribution < -0.4 is 19.9 Å². The number of benzene rings is 3. The van der Waals surface area contributed by atoms with Crippen LogP contribution in [-0.2, 0) is 4.74 Å². The molecule has 1 saturated heterocycles. The zero-order valence-electron chi connectivity index (χ0n) is 18.4. The van der Waals surface area contributed by atoms with Crippen LogP contribution in [0.4, 0.5) is 17.1 Å². The number of fused-ring (bicyclic) bond motifs is 1. The Labute approximate surface area is 194 Å². The highest BCUT2D eigenvalue weighted by Crippen LogP contribution is 2.37. The third-order valence-corrected chi connectivity index (χ3v) is 5.99. The molecule has 0 spiro atoms. The summed E-state index contributed by atoms with van der Waals surface area (Å²) in [5.74, 6) is 0.739. The highest BCUT2D eigenvalue weighted by atomic mass is 16.5. The average Bonchev–Trinajstić information content (AvgIpc) is 2.88. The molecule has 3 aromatic carbocycles. The molecule has 33 heavy (non-hydrogen) atoms. The number of hydrogen-bond acceptors (Lipinski definition) is 5. The van der Waals surface area contributed by atoms with Crippen molar-refractivity contribution in [2.24, 2.45) is 0 Å². The molecule has 1 amide bonds. The topological polar surface area (TPSA) is 54.0 Å². The van der Waals surface area contributed by atoms with Gasteiger partial charge >= 0.3 is 0 Å². The maximum atomic E-state index is 13.6. The van der Waals surface area contributed by atoms with Crippen molar-refractivity contribution in [3.05, 3.63) is 96.6 Å². The largest absolute Gasteiger partial charge is 0.490 e. The van der Waals surface area contributed by atoms with E-state index in [0.717, 1.165) is 54.7 Å². The quantitative estimate of drug-likeness (QED) is 0.554. The number of amides is 1. The molecule has 5 rings (SSSR count). The van der Waals surface area contributed by atoms with Gasteiger partial charge in [-0.05, 0) is 54.1 Å². The second-order valence-electron chi connectivity index (χ2n) is 8.05. The van der Waals surface area contributed by atoms with Crippen molar-refractivity contribution < 1.29 is 14.3 Å². The number of para-hydroxylation sites is 1. The van der Waals surface area contributed by atoms with Gasteiger partial charge in [-0.1, -0.05) is 36.9 Å². The maximum absolute atomic E-state index is 13.6. The van der Waals surface area contributed by atoms with Crippen LogP contribution in [0.3, 0.4) is 0 Å². The van der Waals surface area contributed by atoms with E-state index in [-0.39, 0.29) is 12.1 Å². The summed E-state index contributed by atoms with van der Waals surface area (Å²) >= 11 is 0. The standard InChI is InChI=1S/C27H27N3O3/c1-2-17-33-23-13-7-20(8-14-23)26-28-25-6-4-3-5-24(25)27(31)30(26)22-11-9-21(10-12-22)29-15-18-32-19-16-29/h2-14,26,28H,1,15-19H2/t26-/m0/s1. The Balaban J connectivity index is 1.48. The third kappa shape index (κ3) is 4.30. The molecule has 2 aliphatic heterocycles. The van der Waals surface area contributed by atoms with E-state index in [1.165, 1.54) is 0 Å². The fourth-order valence-electron chi connectivity index (χ4n) is 4.30. The number of carbonyl (C=O) groups is 1. The highest BCUT2D eigenvalue weighted by Gasteiger charge is 2.34. The highest BCUT2D eigenvalue weighted by molar-refractivity contribution is 6.12. The van der Waals surface area contributed by atoms with Crippen molar-refractivity contribution in [1.82, 2.24) is 0 Å². The number of nitrogens with zero attached hydrogens (tertiary/aromatic N) is 2. The lowest BCUT2D eigenvalue weighted by Crippen LogP contribution is -2.43. The van der Waals surface area contributed by atoms with Gasteiger partial charge in [0.2, 0.25) is 0 Å². The van der Waals surface area contributed by atoms with Gasteiger partial charge in [-0.2, -0.15) is 0 Å². The van der Waals surface area contributed by atoms with Crippen molar-refractivity contribution in [2.45, 2.75) is 6.17 Å². The molecule has 168 valence electrons. The second-order valence-corrected chi connectivity index (χ2v) is 8.05. The minimum atomic E-state index is -0.338.